The van der Waals surface area contributed by atoms with Crippen LogP contribution in [0.3, 0.4) is 0 Å². The second kappa shape index (κ2) is 4.24. The summed E-state index contributed by atoms with van der Waals surface area (Å²) in [5.41, 5.74) is -0.624. The lowest BCUT2D eigenvalue weighted by Gasteiger charge is -2.10. The van der Waals surface area contributed by atoms with E-state index in [2.05, 4.69) is 0 Å². The summed E-state index contributed by atoms with van der Waals surface area (Å²) in [5.74, 6) is 0. The Kier molecular flexibility index (Phi) is 3.50. The molecule has 0 spiro atoms. The molecule has 0 amide bonds. The van der Waals surface area contributed by atoms with Gasteiger partial charge in [-0.15, -0.1) is 23.4 Å². The molecule has 0 N–H and O–H groups in total. The molecule has 0 aliphatic heterocycles. The Bertz CT molecular complexity index is 285. The molecular formula is C8H6ClF3S. The van der Waals surface area contributed by atoms with Crippen molar-refractivity contribution in [3.63, 3.8) is 0 Å². The minimum absolute atomic E-state index is 0.118. The summed E-state index contributed by atoms with van der Waals surface area (Å²) in [4.78, 5) is 0.171. The Labute approximate surface area is 83.1 Å². The van der Waals surface area contributed by atoms with Crippen molar-refractivity contribution in [1.82, 2.24) is 0 Å². The maximum atomic E-state index is 12.3. The first-order valence-electron chi connectivity index (χ1n) is 3.40. The fourth-order valence-corrected chi connectivity index (χ4v) is 1.87. The highest BCUT2D eigenvalue weighted by atomic mass is 35.5. The maximum absolute atomic E-state index is 12.3. The predicted octanol–water partition coefficient (Wildman–Crippen LogP) is 3.99. The quantitative estimate of drug-likeness (QED) is 0.543. The molecule has 0 aliphatic carbocycles. The number of rotatable bonds is 2. The summed E-state index contributed by atoms with van der Waals surface area (Å²) in [7, 11) is 0. The van der Waals surface area contributed by atoms with Crippen LogP contribution < -0.4 is 0 Å². The molecule has 5 heteroatoms. The molecular weight excluding hydrogens is 221 g/mol. The number of benzene rings is 1. The van der Waals surface area contributed by atoms with Crippen LogP contribution in [0.4, 0.5) is 13.2 Å². The van der Waals surface area contributed by atoms with Gasteiger partial charge in [0.25, 0.3) is 0 Å². The summed E-state index contributed by atoms with van der Waals surface area (Å²) in [6.07, 6.45) is -4.30. The van der Waals surface area contributed by atoms with Gasteiger partial charge in [0.1, 0.15) is 0 Å². The lowest BCUT2D eigenvalue weighted by atomic mass is 10.2. The summed E-state index contributed by atoms with van der Waals surface area (Å²) in [5, 5.41) is 0.118. The molecule has 13 heavy (non-hydrogen) atoms. The Morgan fingerprint density at radius 1 is 1.23 bits per heavy atom. The van der Waals surface area contributed by atoms with E-state index in [0.717, 1.165) is 17.8 Å². The number of hydrogen-bond acceptors (Lipinski definition) is 1. The van der Waals surface area contributed by atoms with Gasteiger partial charge < -0.3 is 0 Å². The fraction of sp³-hybridized carbons (Fsp3) is 0.250. The van der Waals surface area contributed by atoms with E-state index in [1.807, 2.05) is 0 Å². The standard InChI is InChI=1S/C8H6ClF3S/c9-5-13-7-4-2-1-3-6(7)8(10,11)12/h1-4H,5H2. The van der Waals surface area contributed by atoms with Crippen molar-refractivity contribution in [3.05, 3.63) is 29.8 Å². The Morgan fingerprint density at radius 3 is 2.38 bits per heavy atom. The number of alkyl halides is 4. The molecule has 1 aromatic carbocycles. The predicted molar refractivity (Wildman–Crippen MR) is 48.0 cm³/mol. The van der Waals surface area contributed by atoms with Crippen molar-refractivity contribution in [2.75, 3.05) is 5.21 Å². The van der Waals surface area contributed by atoms with Crippen LogP contribution in [-0.2, 0) is 6.18 Å². The first-order valence-corrected chi connectivity index (χ1v) is 4.92. The number of thioether (sulfide) groups is 1. The fourth-order valence-electron chi connectivity index (χ4n) is 0.885. The van der Waals surface area contributed by atoms with Gasteiger partial charge in [-0.1, -0.05) is 12.1 Å². The molecule has 0 unspecified atom stereocenters. The van der Waals surface area contributed by atoms with Crippen LogP contribution in [0.2, 0.25) is 0 Å². The van der Waals surface area contributed by atoms with Gasteiger partial charge >= 0.3 is 6.18 Å². The van der Waals surface area contributed by atoms with Crippen molar-refractivity contribution in [3.8, 4) is 0 Å². The van der Waals surface area contributed by atoms with Gasteiger partial charge in [-0.05, 0) is 12.1 Å². The molecule has 0 radical (unpaired) electrons. The lowest BCUT2D eigenvalue weighted by molar-refractivity contribution is -0.139. The van der Waals surface area contributed by atoms with Crippen LogP contribution in [0, 0.1) is 0 Å². The second-order valence-electron chi connectivity index (χ2n) is 2.25. The van der Waals surface area contributed by atoms with Gasteiger partial charge in [0, 0.05) is 4.90 Å². The van der Waals surface area contributed by atoms with Crippen molar-refractivity contribution in [2.24, 2.45) is 0 Å². The third-order valence-corrected chi connectivity index (χ3v) is 2.51. The zero-order valence-corrected chi connectivity index (χ0v) is 8.01. The van der Waals surface area contributed by atoms with Gasteiger partial charge in [0.15, 0.2) is 0 Å². The van der Waals surface area contributed by atoms with Crippen molar-refractivity contribution < 1.29 is 13.2 Å². The van der Waals surface area contributed by atoms with Crippen molar-refractivity contribution in [1.29, 1.82) is 0 Å². The third kappa shape index (κ3) is 2.81. The molecule has 0 aliphatic rings. The highest BCUT2D eigenvalue weighted by molar-refractivity contribution is 8.00. The first kappa shape index (κ1) is 10.7. The van der Waals surface area contributed by atoms with E-state index in [-0.39, 0.29) is 10.1 Å². The average Bonchev–Trinajstić information content (AvgIpc) is 2.04. The number of hydrogen-bond donors (Lipinski definition) is 0. The lowest BCUT2D eigenvalue weighted by Crippen LogP contribution is -2.06. The molecule has 0 atom stereocenters. The minimum atomic E-state index is -4.30. The van der Waals surface area contributed by atoms with E-state index in [9.17, 15) is 13.2 Å². The zero-order valence-electron chi connectivity index (χ0n) is 6.44. The molecule has 0 saturated heterocycles. The van der Waals surface area contributed by atoms with Crippen LogP contribution in [0.5, 0.6) is 0 Å². The molecule has 0 bridgehead atoms. The van der Waals surface area contributed by atoms with E-state index in [1.54, 1.807) is 6.07 Å². The summed E-state index contributed by atoms with van der Waals surface area (Å²) >= 11 is 6.33. The first-order chi connectivity index (χ1) is 6.05. The molecule has 0 aromatic heterocycles. The van der Waals surface area contributed by atoms with Crippen LogP contribution in [0.15, 0.2) is 29.2 Å². The molecule has 0 saturated carbocycles. The second-order valence-corrected chi connectivity index (χ2v) is 3.85. The highest BCUT2D eigenvalue weighted by Crippen LogP contribution is 2.36. The molecule has 72 valence electrons. The van der Waals surface area contributed by atoms with Crippen LogP contribution in [-0.4, -0.2) is 5.21 Å². The summed E-state index contributed by atoms with van der Waals surface area (Å²) in [6, 6.07) is 5.38. The van der Waals surface area contributed by atoms with Gasteiger partial charge in [-0.3, -0.25) is 0 Å². The SMILES string of the molecule is FC(F)(F)c1ccccc1SCCl. The average molecular weight is 227 g/mol. The smallest absolute Gasteiger partial charge is 0.166 e. The topological polar surface area (TPSA) is 0 Å². The van der Waals surface area contributed by atoms with Gasteiger partial charge in [0.2, 0.25) is 0 Å². The van der Waals surface area contributed by atoms with E-state index in [0.29, 0.717) is 0 Å². The van der Waals surface area contributed by atoms with Gasteiger partial charge in [-0.2, -0.15) is 13.2 Å². The monoisotopic (exact) mass is 226 g/mol. The van der Waals surface area contributed by atoms with E-state index < -0.39 is 11.7 Å². The van der Waals surface area contributed by atoms with Crippen LogP contribution in [0.1, 0.15) is 5.56 Å². The molecule has 0 nitrogen and oxygen atoms in total. The number of halogens is 4. The summed E-state index contributed by atoms with van der Waals surface area (Å²) in [6.45, 7) is 0. The Morgan fingerprint density at radius 2 is 1.85 bits per heavy atom. The Balaban J connectivity index is 3.05. The molecule has 1 aromatic rings. The largest absolute Gasteiger partial charge is 0.417 e. The van der Waals surface area contributed by atoms with E-state index in [4.69, 9.17) is 11.6 Å². The van der Waals surface area contributed by atoms with Crippen molar-refractivity contribution >= 4 is 23.4 Å². The van der Waals surface area contributed by atoms with Crippen LogP contribution in [0.25, 0.3) is 0 Å². The van der Waals surface area contributed by atoms with Crippen LogP contribution >= 0.6 is 23.4 Å². The van der Waals surface area contributed by atoms with Gasteiger partial charge in [-0.25, -0.2) is 0 Å². The van der Waals surface area contributed by atoms with E-state index in [1.165, 1.54) is 12.1 Å². The molecule has 0 heterocycles. The zero-order chi connectivity index (χ0) is 9.90. The van der Waals surface area contributed by atoms with Crippen molar-refractivity contribution in [2.45, 2.75) is 11.1 Å². The normalized spacial score (nSPS) is 11.7. The minimum Gasteiger partial charge on any atom is -0.166 e. The summed E-state index contributed by atoms with van der Waals surface area (Å²) < 4.78 is 36.9. The van der Waals surface area contributed by atoms with Gasteiger partial charge in [0.05, 0.1) is 10.8 Å². The Hall–Kier alpha value is -0.350. The third-order valence-electron chi connectivity index (χ3n) is 1.40. The van der Waals surface area contributed by atoms with E-state index >= 15 is 0 Å². The maximum Gasteiger partial charge on any atom is 0.417 e. The molecule has 1 rings (SSSR count). The highest BCUT2D eigenvalue weighted by Gasteiger charge is 2.32. The molecule has 0 fully saturated rings.